The van der Waals surface area contributed by atoms with Gasteiger partial charge in [0.2, 0.25) is 0 Å². The molecule has 5 saturated carbocycles. The molecule has 4 heterocycles. The third-order valence-corrected chi connectivity index (χ3v) is 21.7. The molecule has 0 amide bonds. The summed E-state index contributed by atoms with van der Waals surface area (Å²) >= 11 is 0. The van der Waals surface area contributed by atoms with Gasteiger partial charge in [-0.15, -0.1) is 0 Å². The summed E-state index contributed by atoms with van der Waals surface area (Å²) in [5.74, 6) is -0.157. The van der Waals surface area contributed by atoms with E-state index in [1.807, 2.05) is 13.8 Å². The van der Waals surface area contributed by atoms with Crippen molar-refractivity contribution < 1.29 is 120 Å². The quantitative estimate of drug-likeness (QED) is 0.0659. The van der Waals surface area contributed by atoms with Gasteiger partial charge in [-0.05, 0) is 111 Å². The summed E-state index contributed by atoms with van der Waals surface area (Å²) < 4.78 is 47.9. The summed E-state index contributed by atoms with van der Waals surface area (Å²) in [5, 5.41) is 173. The van der Waals surface area contributed by atoms with Gasteiger partial charge in [0.05, 0.1) is 56.4 Å². The lowest BCUT2D eigenvalue weighted by Crippen LogP contribution is -2.67. The lowest BCUT2D eigenvalue weighted by atomic mass is 9.40. The molecule has 2 spiro atoms. The van der Waals surface area contributed by atoms with Gasteiger partial charge in [0, 0.05) is 11.8 Å². The van der Waals surface area contributed by atoms with Crippen molar-refractivity contribution in [3.8, 4) is 0 Å². The minimum absolute atomic E-state index is 0.0595. The van der Waals surface area contributed by atoms with Gasteiger partial charge in [-0.3, -0.25) is 0 Å². The summed E-state index contributed by atoms with van der Waals surface area (Å²) in [7, 11) is 0. The van der Waals surface area contributed by atoms with Crippen LogP contribution < -0.4 is 0 Å². The molecule has 9 rings (SSSR count). The molecular weight excluding hydrogens is 1020 g/mol. The third-order valence-electron chi connectivity index (χ3n) is 21.7. The minimum atomic E-state index is -1.82. The average Bonchev–Trinajstić information content (AvgIpc) is 3.74. The van der Waals surface area contributed by atoms with E-state index in [1.165, 1.54) is 0 Å². The van der Waals surface area contributed by atoms with Crippen LogP contribution in [0.4, 0.5) is 0 Å². The molecule has 24 heteroatoms. The Morgan fingerprint density at radius 2 is 1.13 bits per heavy atom. The number of fused-ring (bicyclic) bond motifs is 2. The summed E-state index contributed by atoms with van der Waals surface area (Å²) in [6, 6.07) is 0. The lowest BCUT2D eigenvalue weighted by molar-refractivity contribution is -0.369. The summed E-state index contributed by atoms with van der Waals surface area (Å²) in [6.07, 6.45) is -27.7. The maximum absolute atomic E-state index is 12.7. The van der Waals surface area contributed by atoms with E-state index in [0.717, 1.165) is 25.7 Å². The van der Waals surface area contributed by atoms with Crippen molar-refractivity contribution in [1.82, 2.24) is 0 Å². The van der Waals surface area contributed by atoms with Crippen molar-refractivity contribution in [2.24, 2.45) is 50.7 Å². The normalized spacial score (nSPS) is 54.4. The second kappa shape index (κ2) is 21.9. The van der Waals surface area contributed by atoms with Crippen LogP contribution in [0.15, 0.2) is 0 Å². The first-order valence-electron chi connectivity index (χ1n) is 27.9. The Kier molecular flexibility index (Phi) is 17.2. The Hall–Kier alpha value is -0.960. The number of hydrogen-bond acceptors (Lipinski definition) is 24. The molecule has 9 fully saturated rings. The molecule has 77 heavy (non-hydrogen) atoms. The van der Waals surface area contributed by atoms with Gasteiger partial charge in [-0.2, -0.15) is 0 Å². The molecule has 4 aliphatic heterocycles. The molecule has 31 atom stereocenters. The van der Waals surface area contributed by atoms with Crippen molar-refractivity contribution in [3.05, 3.63) is 0 Å². The topological polar surface area (TPSA) is 398 Å². The SMILES string of the molecule is CC(CCC(OC1OCC(O)C(O)C1O)C(C)(C)OC1OC(CO)C(O)C(O)C1O)C1CCC2(C)C3C(O)CC4C(C)(C)C(OC5OC(CO)C(OC6OC(CO)C(O)C(O)C6O)C(O)C5O)CC(O)C45CC35CCC12C. The molecule has 4 saturated heterocycles. The van der Waals surface area contributed by atoms with Crippen LogP contribution in [0, 0.1) is 50.7 Å². The van der Waals surface area contributed by atoms with E-state index in [2.05, 4.69) is 20.8 Å². The van der Waals surface area contributed by atoms with Gasteiger partial charge >= 0.3 is 0 Å². The predicted molar refractivity (Wildman–Crippen MR) is 261 cm³/mol. The van der Waals surface area contributed by atoms with E-state index < -0.39 is 177 Å². The molecule has 9 aliphatic rings. The number of hydrogen-bond donors (Lipinski definition) is 16. The number of rotatable bonds is 16. The van der Waals surface area contributed by atoms with Crippen molar-refractivity contribution >= 4 is 0 Å². The summed E-state index contributed by atoms with van der Waals surface area (Å²) in [4.78, 5) is 0. The zero-order chi connectivity index (χ0) is 56.4. The average molecular weight is 1110 g/mol. The first kappa shape index (κ1) is 60.6. The Bertz CT molecular complexity index is 2020. The minimum Gasteiger partial charge on any atom is -0.394 e. The molecule has 31 unspecified atom stereocenters. The van der Waals surface area contributed by atoms with E-state index in [9.17, 15) is 81.7 Å². The molecule has 0 radical (unpaired) electrons. The fourth-order valence-corrected chi connectivity index (χ4v) is 17.1. The standard InChI is InChI=1S/C53H90O24/c1-21(8-9-30(74-44-38(66)32(60)24(58)19-70-44)49(4,5)77-47-40(68)36(64)34(62)26(17-55)72-47)22-10-11-51(7)43-23(57)14-28-48(2,3)31(15-29(59)53(28)20-52(43,53)13-12-50(22,51)6)75-45-41(69)37(65)42(27(18-56)73-45)76-46-39(67)35(63)33(61)25(16-54)71-46/h21-47,54-69H,8-20H2,1-7H3. The van der Waals surface area contributed by atoms with Crippen molar-refractivity contribution in [2.75, 3.05) is 26.4 Å². The van der Waals surface area contributed by atoms with E-state index in [-0.39, 0.29) is 52.9 Å². The zero-order valence-corrected chi connectivity index (χ0v) is 45.2. The van der Waals surface area contributed by atoms with Crippen molar-refractivity contribution in [1.29, 1.82) is 0 Å². The van der Waals surface area contributed by atoms with Crippen LogP contribution in [0.1, 0.15) is 106 Å². The third kappa shape index (κ3) is 9.71. The van der Waals surface area contributed by atoms with Crippen LogP contribution in [0.3, 0.4) is 0 Å². The van der Waals surface area contributed by atoms with E-state index >= 15 is 0 Å². The van der Waals surface area contributed by atoms with Gasteiger partial charge in [0.15, 0.2) is 25.2 Å². The van der Waals surface area contributed by atoms with Crippen LogP contribution in [0.5, 0.6) is 0 Å². The Balaban J connectivity index is 0.885. The largest absolute Gasteiger partial charge is 0.394 e. The van der Waals surface area contributed by atoms with Crippen LogP contribution >= 0.6 is 0 Å². The van der Waals surface area contributed by atoms with Gasteiger partial charge in [-0.1, -0.05) is 34.6 Å². The van der Waals surface area contributed by atoms with Crippen molar-refractivity contribution in [2.45, 2.75) is 253 Å². The number of aliphatic hydroxyl groups is 16. The molecule has 0 bridgehead atoms. The van der Waals surface area contributed by atoms with E-state index in [4.69, 9.17) is 37.9 Å². The molecular formula is C53H90O24. The fraction of sp³-hybridized carbons (Fsp3) is 1.00. The van der Waals surface area contributed by atoms with Crippen LogP contribution in [0.25, 0.3) is 0 Å². The first-order valence-corrected chi connectivity index (χ1v) is 27.9. The number of ether oxygens (including phenoxy) is 8. The maximum Gasteiger partial charge on any atom is 0.187 e. The molecule has 16 N–H and O–H groups in total. The van der Waals surface area contributed by atoms with Gasteiger partial charge in [0.25, 0.3) is 0 Å². The second-order valence-electron chi connectivity index (χ2n) is 26.2. The van der Waals surface area contributed by atoms with E-state index in [0.29, 0.717) is 25.7 Å². The molecule has 0 aromatic rings. The molecule has 446 valence electrons. The highest BCUT2D eigenvalue weighted by atomic mass is 16.8. The fourth-order valence-electron chi connectivity index (χ4n) is 17.1. The monoisotopic (exact) mass is 1110 g/mol. The lowest BCUT2D eigenvalue weighted by Gasteiger charge is -2.65. The highest BCUT2D eigenvalue weighted by Gasteiger charge is 2.86. The molecule has 0 aromatic heterocycles. The van der Waals surface area contributed by atoms with Crippen molar-refractivity contribution in [3.63, 3.8) is 0 Å². The Morgan fingerprint density at radius 1 is 0.571 bits per heavy atom. The van der Waals surface area contributed by atoms with Gasteiger partial charge in [-0.25, -0.2) is 0 Å². The van der Waals surface area contributed by atoms with Crippen LogP contribution in [0.2, 0.25) is 0 Å². The Labute approximate surface area is 448 Å². The maximum atomic E-state index is 12.7. The van der Waals surface area contributed by atoms with Gasteiger partial charge in [0.1, 0.15) is 91.6 Å². The van der Waals surface area contributed by atoms with Crippen LogP contribution in [-0.4, -0.2) is 255 Å². The number of aliphatic hydroxyl groups excluding tert-OH is 16. The molecule has 0 aromatic carbocycles. The predicted octanol–water partition coefficient (Wildman–Crippen LogP) is -3.79. The highest BCUT2D eigenvalue weighted by Crippen LogP contribution is 2.89. The highest BCUT2D eigenvalue weighted by molar-refractivity contribution is 5.34. The van der Waals surface area contributed by atoms with Crippen LogP contribution in [-0.2, 0) is 37.9 Å². The molecule has 5 aliphatic carbocycles. The van der Waals surface area contributed by atoms with Gasteiger partial charge < -0.3 is 120 Å². The summed E-state index contributed by atoms with van der Waals surface area (Å²) in [6.45, 7) is 11.8. The first-order chi connectivity index (χ1) is 36.0. The zero-order valence-electron chi connectivity index (χ0n) is 45.2. The van der Waals surface area contributed by atoms with E-state index in [1.54, 1.807) is 13.8 Å². The second-order valence-corrected chi connectivity index (χ2v) is 26.2. The smallest absolute Gasteiger partial charge is 0.187 e. The summed E-state index contributed by atoms with van der Waals surface area (Å²) in [5.41, 5.74) is -3.62. The Morgan fingerprint density at radius 3 is 1.75 bits per heavy atom. The molecule has 24 nitrogen and oxygen atoms in total.